The smallest absolute Gasteiger partial charge is 0.158 e. The number of rotatable bonds is 10. The maximum atomic E-state index is 13.5. The zero-order chi connectivity index (χ0) is 25.0. The molecule has 0 fully saturated rings. The first-order valence-corrected chi connectivity index (χ1v) is 13.3. The summed E-state index contributed by atoms with van der Waals surface area (Å²) in [7, 11) is -3.00. The van der Waals surface area contributed by atoms with Gasteiger partial charge in [-0.25, -0.2) is 22.8 Å². The maximum Gasteiger partial charge on any atom is 0.158 e. The molecule has 184 valence electrons. The molecule has 0 radical (unpaired) electrons. The molecular formula is C24H25ClFN5O3S. The van der Waals surface area contributed by atoms with Gasteiger partial charge < -0.3 is 19.9 Å². The number of anilines is 2. The second-order valence-electron chi connectivity index (χ2n) is 8.13. The van der Waals surface area contributed by atoms with Gasteiger partial charge in [0.15, 0.2) is 5.82 Å². The molecule has 4 rings (SSSR count). The summed E-state index contributed by atoms with van der Waals surface area (Å²) in [6, 6.07) is 11.7. The minimum Gasteiger partial charge on any atom is -0.456 e. The van der Waals surface area contributed by atoms with Crippen LogP contribution in [-0.2, 0) is 16.4 Å². The number of nitrogens with one attached hydrogen (secondary N) is 2. The van der Waals surface area contributed by atoms with E-state index in [-0.39, 0.29) is 11.6 Å². The largest absolute Gasteiger partial charge is 0.456 e. The molecule has 0 saturated heterocycles. The number of hydrogen-bond donors (Lipinski definition) is 2. The zero-order valence-corrected chi connectivity index (χ0v) is 20.8. The SMILES string of the molecule is Cc1cc(Oc2ccc(Nc3ncnc4ccn(CCNCCS(C)(=O)=O)c34)cc2Cl)ccc1F. The highest BCUT2D eigenvalue weighted by molar-refractivity contribution is 7.90. The van der Waals surface area contributed by atoms with Crippen LogP contribution in [0.1, 0.15) is 5.56 Å². The topological polar surface area (TPSA) is 98.1 Å². The van der Waals surface area contributed by atoms with Crippen LogP contribution in [0.25, 0.3) is 11.0 Å². The number of sulfone groups is 1. The van der Waals surface area contributed by atoms with Gasteiger partial charge in [0.1, 0.15) is 39.0 Å². The molecule has 4 aromatic rings. The first-order chi connectivity index (χ1) is 16.7. The van der Waals surface area contributed by atoms with Crippen LogP contribution >= 0.6 is 11.6 Å². The molecule has 2 aromatic heterocycles. The van der Waals surface area contributed by atoms with Gasteiger partial charge in [0, 0.05) is 37.8 Å². The van der Waals surface area contributed by atoms with Crippen molar-refractivity contribution in [3.8, 4) is 11.5 Å². The van der Waals surface area contributed by atoms with Gasteiger partial charge in [-0.15, -0.1) is 0 Å². The van der Waals surface area contributed by atoms with Crippen molar-refractivity contribution in [1.82, 2.24) is 19.9 Å². The van der Waals surface area contributed by atoms with Gasteiger partial charge in [-0.1, -0.05) is 11.6 Å². The molecular weight excluding hydrogens is 493 g/mol. The quantitative estimate of drug-likeness (QED) is 0.294. The van der Waals surface area contributed by atoms with Crippen LogP contribution in [0.3, 0.4) is 0 Å². The molecule has 0 aliphatic carbocycles. The minimum absolute atomic E-state index is 0.0938. The highest BCUT2D eigenvalue weighted by Gasteiger charge is 2.12. The van der Waals surface area contributed by atoms with Crippen molar-refractivity contribution >= 4 is 44.0 Å². The van der Waals surface area contributed by atoms with Gasteiger partial charge in [0.05, 0.1) is 16.3 Å². The monoisotopic (exact) mass is 517 g/mol. The number of nitrogens with zero attached hydrogens (tertiary/aromatic N) is 3. The van der Waals surface area contributed by atoms with Crippen molar-refractivity contribution in [2.45, 2.75) is 13.5 Å². The number of aromatic nitrogens is 3. The molecule has 2 aromatic carbocycles. The molecule has 0 aliphatic heterocycles. The summed E-state index contributed by atoms with van der Waals surface area (Å²) in [5.41, 5.74) is 2.78. The molecule has 0 bridgehead atoms. The van der Waals surface area contributed by atoms with E-state index in [1.165, 1.54) is 18.6 Å². The third kappa shape index (κ3) is 6.47. The molecule has 8 nitrogen and oxygen atoms in total. The average Bonchev–Trinajstić information content (AvgIpc) is 3.21. The summed E-state index contributed by atoms with van der Waals surface area (Å²) in [6.07, 6.45) is 4.62. The normalized spacial score (nSPS) is 11.7. The summed E-state index contributed by atoms with van der Waals surface area (Å²) in [4.78, 5) is 8.73. The van der Waals surface area contributed by atoms with Crippen molar-refractivity contribution < 1.29 is 17.5 Å². The van der Waals surface area contributed by atoms with Crippen molar-refractivity contribution in [3.63, 3.8) is 0 Å². The van der Waals surface area contributed by atoms with Crippen LogP contribution in [0.5, 0.6) is 11.5 Å². The summed E-state index contributed by atoms with van der Waals surface area (Å²) >= 11 is 6.45. The molecule has 0 saturated carbocycles. The summed E-state index contributed by atoms with van der Waals surface area (Å²) in [6.45, 7) is 3.26. The highest BCUT2D eigenvalue weighted by atomic mass is 35.5. The van der Waals surface area contributed by atoms with E-state index in [1.807, 2.05) is 22.9 Å². The molecule has 0 aliphatic rings. The van der Waals surface area contributed by atoms with Gasteiger partial charge in [-0.05, 0) is 55.0 Å². The first-order valence-electron chi connectivity index (χ1n) is 10.9. The van der Waals surface area contributed by atoms with E-state index in [2.05, 4.69) is 20.6 Å². The number of fused-ring (bicyclic) bond motifs is 1. The van der Waals surface area contributed by atoms with Gasteiger partial charge in [-0.3, -0.25) is 0 Å². The van der Waals surface area contributed by atoms with Crippen LogP contribution in [0.15, 0.2) is 55.0 Å². The Morgan fingerprint density at radius 2 is 1.94 bits per heavy atom. The van der Waals surface area contributed by atoms with Crippen molar-refractivity contribution in [1.29, 1.82) is 0 Å². The van der Waals surface area contributed by atoms with E-state index in [1.54, 1.807) is 31.2 Å². The van der Waals surface area contributed by atoms with Crippen LogP contribution < -0.4 is 15.4 Å². The lowest BCUT2D eigenvalue weighted by Crippen LogP contribution is -2.25. The lowest BCUT2D eigenvalue weighted by molar-refractivity contribution is 0.480. The van der Waals surface area contributed by atoms with Crippen LogP contribution in [-0.4, -0.2) is 48.1 Å². The second kappa shape index (κ2) is 10.6. The third-order valence-electron chi connectivity index (χ3n) is 5.28. The first kappa shape index (κ1) is 24.9. The molecule has 0 amide bonds. The van der Waals surface area contributed by atoms with E-state index in [4.69, 9.17) is 16.3 Å². The van der Waals surface area contributed by atoms with E-state index >= 15 is 0 Å². The number of benzene rings is 2. The lowest BCUT2D eigenvalue weighted by atomic mass is 10.2. The molecule has 2 N–H and O–H groups in total. The van der Waals surface area contributed by atoms with E-state index in [0.29, 0.717) is 53.2 Å². The van der Waals surface area contributed by atoms with E-state index in [0.717, 1.165) is 11.0 Å². The number of hydrogen-bond acceptors (Lipinski definition) is 7. The van der Waals surface area contributed by atoms with Crippen LogP contribution in [0.2, 0.25) is 5.02 Å². The standard InChI is InChI=1S/C24H25ClFN5O3S/c1-16-13-18(4-5-20(16)26)34-22-6-3-17(14-19(22)25)30-24-23-21(28-15-29-24)7-10-31(23)11-8-27-9-12-35(2,32)33/h3-7,10,13-15,27H,8-9,11-12H2,1-2H3,(H,28,29,30). The van der Waals surface area contributed by atoms with Gasteiger partial charge in [0.25, 0.3) is 0 Å². The Balaban J connectivity index is 1.47. The van der Waals surface area contributed by atoms with Gasteiger partial charge in [0.2, 0.25) is 0 Å². The van der Waals surface area contributed by atoms with Gasteiger partial charge >= 0.3 is 0 Å². The highest BCUT2D eigenvalue weighted by Crippen LogP contribution is 2.33. The molecule has 35 heavy (non-hydrogen) atoms. The molecule has 0 unspecified atom stereocenters. The Kier molecular flexibility index (Phi) is 7.54. The fraction of sp³-hybridized carbons (Fsp3) is 0.250. The second-order valence-corrected chi connectivity index (χ2v) is 10.8. The van der Waals surface area contributed by atoms with E-state index < -0.39 is 9.84 Å². The molecule has 11 heteroatoms. The van der Waals surface area contributed by atoms with Crippen LogP contribution in [0.4, 0.5) is 15.9 Å². The summed E-state index contributed by atoms with van der Waals surface area (Å²) in [5.74, 6) is 1.34. The minimum atomic E-state index is -3.00. The van der Waals surface area contributed by atoms with E-state index in [9.17, 15) is 12.8 Å². The number of aryl methyl sites for hydroxylation is 1. The molecule has 0 spiro atoms. The van der Waals surface area contributed by atoms with Crippen molar-refractivity contribution in [2.24, 2.45) is 0 Å². The Bertz CT molecular complexity index is 1460. The Morgan fingerprint density at radius 3 is 2.69 bits per heavy atom. The van der Waals surface area contributed by atoms with Crippen molar-refractivity contribution in [2.75, 3.05) is 30.4 Å². The average molecular weight is 518 g/mol. The Morgan fingerprint density at radius 1 is 1.11 bits per heavy atom. The fourth-order valence-electron chi connectivity index (χ4n) is 3.50. The lowest BCUT2D eigenvalue weighted by Gasteiger charge is -2.13. The van der Waals surface area contributed by atoms with Gasteiger partial charge in [-0.2, -0.15) is 0 Å². The fourth-order valence-corrected chi connectivity index (χ4v) is 4.23. The zero-order valence-electron chi connectivity index (χ0n) is 19.3. The predicted octanol–water partition coefficient (Wildman–Crippen LogP) is 4.70. The van der Waals surface area contributed by atoms with Crippen LogP contribution in [0, 0.1) is 12.7 Å². The third-order valence-corrected chi connectivity index (χ3v) is 6.52. The Hall–Kier alpha value is -3.21. The molecule has 2 heterocycles. The maximum absolute atomic E-state index is 13.5. The molecule has 0 atom stereocenters. The predicted molar refractivity (Wildman–Crippen MR) is 136 cm³/mol. The Labute approximate surface area is 208 Å². The summed E-state index contributed by atoms with van der Waals surface area (Å²) in [5, 5.41) is 6.81. The number of ether oxygens (including phenoxy) is 1. The van der Waals surface area contributed by atoms with Crippen molar-refractivity contribution in [3.05, 3.63) is 71.4 Å². The summed E-state index contributed by atoms with van der Waals surface area (Å²) < 4.78 is 43.9. The number of halogens is 2.